The van der Waals surface area contributed by atoms with E-state index in [1.165, 1.54) is 12.1 Å². The molecule has 0 unspecified atom stereocenters. The Kier molecular flexibility index (Phi) is 3.16. The monoisotopic (exact) mass is 283 g/mol. The predicted molar refractivity (Wildman–Crippen MR) is 84.7 cm³/mol. The van der Waals surface area contributed by atoms with Crippen LogP contribution in [-0.4, -0.2) is 9.55 Å². The van der Waals surface area contributed by atoms with Gasteiger partial charge in [-0.1, -0.05) is 0 Å². The molecule has 0 radical (unpaired) electrons. The van der Waals surface area contributed by atoms with E-state index in [4.69, 9.17) is 5.73 Å². The van der Waals surface area contributed by atoms with Crippen LogP contribution >= 0.6 is 0 Å². The molecule has 3 rings (SSSR count). The molecule has 0 aliphatic rings. The lowest BCUT2D eigenvalue weighted by Crippen LogP contribution is -2.04. The van der Waals surface area contributed by atoms with E-state index in [-0.39, 0.29) is 11.9 Å². The number of fused-ring (bicyclic) bond motifs is 1. The van der Waals surface area contributed by atoms with Crippen molar-refractivity contribution in [2.24, 2.45) is 0 Å². The Morgan fingerprint density at radius 1 is 1.14 bits per heavy atom. The summed E-state index contributed by atoms with van der Waals surface area (Å²) in [7, 11) is 0. The van der Waals surface area contributed by atoms with Gasteiger partial charge in [-0.25, -0.2) is 9.37 Å². The number of nitrogens with zero attached hydrogens (tertiary/aromatic N) is 2. The third-order valence-electron chi connectivity index (χ3n) is 3.66. The predicted octanol–water partition coefficient (Wildman–Crippen LogP) is 4.31. The molecular formula is C17H18FN3. The van der Waals surface area contributed by atoms with Crippen molar-refractivity contribution in [1.29, 1.82) is 0 Å². The van der Waals surface area contributed by atoms with Gasteiger partial charge >= 0.3 is 0 Å². The van der Waals surface area contributed by atoms with Gasteiger partial charge in [-0.05, 0) is 56.7 Å². The fourth-order valence-electron chi connectivity index (χ4n) is 2.72. The van der Waals surface area contributed by atoms with Crippen molar-refractivity contribution in [3.8, 4) is 11.4 Å². The fourth-order valence-corrected chi connectivity index (χ4v) is 2.72. The molecule has 21 heavy (non-hydrogen) atoms. The summed E-state index contributed by atoms with van der Waals surface area (Å²) in [5.74, 6) is 0.583. The van der Waals surface area contributed by atoms with E-state index in [9.17, 15) is 4.39 Å². The standard InChI is InChI=1S/C17H18FN3/c1-10(2)21-16-7-4-12(18)9-15(16)20-17(21)14-6-5-13(19)8-11(14)3/h4-10H,19H2,1-3H3. The molecule has 0 bridgehead atoms. The maximum Gasteiger partial charge on any atom is 0.141 e. The van der Waals surface area contributed by atoms with E-state index in [0.29, 0.717) is 5.52 Å². The number of rotatable bonds is 2. The molecule has 2 aromatic carbocycles. The zero-order chi connectivity index (χ0) is 15.1. The Balaban J connectivity index is 2.33. The molecule has 0 aliphatic heterocycles. The quantitative estimate of drug-likeness (QED) is 0.712. The summed E-state index contributed by atoms with van der Waals surface area (Å²) < 4.78 is 15.6. The van der Waals surface area contributed by atoms with Gasteiger partial charge in [0, 0.05) is 23.4 Å². The van der Waals surface area contributed by atoms with Crippen molar-refractivity contribution < 1.29 is 4.39 Å². The van der Waals surface area contributed by atoms with E-state index in [0.717, 1.165) is 28.2 Å². The van der Waals surface area contributed by atoms with E-state index in [2.05, 4.69) is 23.4 Å². The molecule has 0 amide bonds. The summed E-state index contributed by atoms with van der Waals surface area (Å²) in [6.45, 7) is 6.21. The summed E-state index contributed by atoms with van der Waals surface area (Å²) in [6, 6.07) is 10.7. The third-order valence-corrected chi connectivity index (χ3v) is 3.66. The molecule has 0 aliphatic carbocycles. The first-order chi connectivity index (χ1) is 9.97. The molecular weight excluding hydrogens is 265 g/mol. The highest BCUT2D eigenvalue weighted by atomic mass is 19.1. The van der Waals surface area contributed by atoms with Crippen LogP contribution in [0.25, 0.3) is 22.4 Å². The Morgan fingerprint density at radius 3 is 2.57 bits per heavy atom. The first kappa shape index (κ1) is 13.6. The lowest BCUT2D eigenvalue weighted by molar-refractivity contribution is 0.620. The van der Waals surface area contributed by atoms with Gasteiger partial charge in [0.15, 0.2) is 0 Å². The first-order valence-corrected chi connectivity index (χ1v) is 7.01. The number of nitrogen functional groups attached to an aromatic ring is 1. The van der Waals surface area contributed by atoms with E-state index < -0.39 is 0 Å². The smallest absolute Gasteiger partial charge is 0.141 e. The van der Waals surface area contributed by atoms with Gasteiger partial charge < -0.3 is 10.3 Å². The highest BCUT2D eigenvalue weighted by Gasteiger charge is 2.16. The summed E-state index contributed by atoms with van der Waals surface area (Å²) >= 11 is 0. The Morgan fingerprint density at radius 2 is 1.90 bits per heavy atom. The molecule has 3 nitrogen and oxygen atoms in total. The van der Waals surface area contributed by atoms with E-state index >= 15 is 0 Å². The zero-order valence-corrected chi connectivity index (χ0v) is 12.4. The molecule has 1 aromatic heterocycles. The minimum absolute atomic E-state index is 0.229. The third kappa shape index (κ3) is 2.27. The van der Waals surface area contributed by atoms with Crippen molar-refractivity contribution in [3.63, 3.8) is 0 Å². The molecule has 0 atom stereocenters. The van der Waals surface area contributed by atoms with Crippen LogP contribution in [0.3, 0.4) is 0 Å². The van der Waals surface area contributed by atoms with Crippen LogP contribution in [-0.2, 0) is 0 Å². The van der Waals surface area contributed by atoms with Crippen LogP contribution in [0.1, 0.15) is 25.5 Å². The highest BCUT2D eigenvalue weighted by molar-refractivity contribution is 5.82. The second kappa shape index (κ2) is 4.88. The van der Waals surface area contributed by atoms with Gasteiger partial charge in [-0.3, -0.25) is 0 Å². The van der Waals surface area contributed by atoms with Crippen molar-refractivity contribution in [3.05, 3.63) is 47.8 Å². The molecule has 0 saturated carbocycles. The maximum atomic E-state index is 13.4. The van der Waals surface area contributed by atoms with Gasteiger partial charge in [-0.2, -0.15) is 0 Å². The number of aromatic nitrogens is 2. The number of hydrogen-bond donors (Lipinski definition) is 1. The number of nitrogens with two attached hydrogens (primary N) is 1. The highest BCUT2D eigenvalue weighted by Crippen LogP contribution is 2.31. The second-order valence-corrected chi connectivity index (χ2v) is 5.61. The lowest BCUT2D eigenvalue weighted by Gasteiger charge is -2.14. The lowest BCUT2D eigenvalue weighted by atomic mass is 10.1. The Hall–Kier alpha value is -2.36. The number of hydrogen-bond acceptors (Lipinski definition) is 2. The van der Waals surface area contributed by atoms with Crippen molar-refractivity contribution in [2.45, 2.75) is 26.8 Å². The second-order valence-electron chi connectivity index (χ2n) is 5.61. The molecule has 0 spiro atoms. The van der Waals surface area contributed by atoms with Crippen LogP contribution in [0.4, 0.5) is 10.1 Å². The van der Waals surface area contributed by atoms with Crippen LogP contribution < -0.4 is 5.73 Å². The van der Waals surface area contributed by atoms with Gasteiger partial charge in [0.1, 0.15) is 11.6 Å². The van der Waals surface area contributed by atoms with Gasteiger partial charge in [0.2, 0.25) is 0 Å². The maximum absolute atomic E-state index is 13.4. The number of imidazole rings is 1. The average Bonchev–Trinajstić information content (AvgIpc) is 2.76. The molecule has 1 heterocycles. The Bertz CT molecular complexity index is 818. The molecule has 3 aromatic rings. The molecule has 0 saturated heterocycles. The van der Waals surface area contributed by atoms with E-state index in [1.807, 2.05) is 25.1 Å². The number of aryl methyl sites for hydroxylation is 1. The summed E-state index contributed by atoms with van der Waals surface area (Å²) in [5.41, 5.74) is 10.3. The van der Waals surface area contributed by atoms with Crippen LogP contribution in [0, 0.1) is 12.7 Å². The SMILES string of the molecule is Cc1cc(N)ccc1-c1nc2cc(F)ccc2n1C(C)C. The molecule has 2 N–H and O–H groups in total. The summed E-state index contributed by atoms with van der Waals surface area (Å²) in [4.78, 5) is 4.64. The van der Waals surface area contributed by atoms with Crippen LogP contribution in [0.5, 0.6) is 0 Å². The fraction of sp³-hybridized carbons (Fsp3) is 0.235. The normalized spacial score (nSPS) is 11.5. The van der Waals surface area contributed by atoms with Crippen LogP contribution in [0.2, 0.25) is 0 Å². The van der Waals surface area contributed by atoms with Crippen molar-refractivity contribution in [1.82, 2.24) is 9.55 Å². The molecule has 4 heteroatoms. The minimum Gasteiger partial charge on any atom is -0.399 e. The topological polar surface area (TPSA) is 43.8 Å². The van der Waals surface area contributed by atoms with Gasteiger partial charge in [-0.15, -0.1) is 0 Å². The molecule has 0 fully saturated rings. The van der Waals surface area contributed by atoms with Gasteiger partial charge in [0.25, 0.3) is 0 Å². The summed E-state index contributed by atoms with van der Waals surface area (Å²) in [6.07, 6.45) is 0. The molecule has 108 valence electrons. The van der Waals surface area contributed by atoms with Crippen LogP contribution in [0.15, 0.2) is 36.4 Å². The van der Waals surface area contributed by atoms with Crippen molar-refractivity contribution >= 4 is 16.7 Å². The van der Waals surface area contributed by atoms with Gasteiger partial charge in [0.05, 0.1) is 11.0 Å². The minimum atomic E-state index is -0.267. The number of anilines is 1. The number of halogens is 1. The largest absolute Gasteiger partial charge is 0.399 e. The van der Waals surface area contributed by atoms with Crippen molar-refractivity contribution in [2.75, 3.05) is 5.73 Å². The zero-order valence-electron chi connectivity index (χ0n) is 12.4. The van der Waals surface area contributed by atoms with E-state index in [1.54, 1.807) is 6.07 Å². The average molecular weight is 283 g/mol. The number of benzene rings is 2. The summed E-state index contributed by atoms with van der Waals surface area (Å²) in [5, 5.41) is 0. The Labute approximate surface area is 123 Å². The first-order valence-electron chi connectivity index (χ1n) is 7.01.